The van der Waals surface area contributed by atoms with Gasteiger partial charge in [0.1, 0.15) is 0 Å². The molecule has 0 fully saturated rings. The molecule has 0 saturated carbocycles. The van der Waals surface area contributed by atoms with Crippen LogP contribution in [-0.2, 0) is 3.83 Å². The van der Waals surface area contributed by atoms with E-state index in [1.807, 2.05) is 72.8 Å². The fourth-order valence-corrected chi connectivity index (χ4v) is 7.56. The van der Waals surface area contributed by atoms with Crippen LogP contribution in [0.1, 0.15) is 22.3 Å². The van der Waals surface area contributed by atoms with E-state index in [2.05, 4.69) is 48.5 Å². The molecular weight excluding hydrogens is 431 g/mol. The summed E-state index contributed by atoms with van der Waals surface area (Å²) in [6.07, 6.45) is 0. The minimum atomic E-state index is -2.51. The Kier molecular flexibility index (Phi) is 5.11. The number of hydrogen-bond donors (Lipinski definition) is 0. The van der Waals surface area contributed by atoms with E-state index in [9.17, 15) is 3.83 Å². The zero-order chi connectivity index (χ0) is 20.3. The van der Waals surface area contributed by atoms with Crippen molar-refractivity contribution in [2.75, 3.05) is 0 Å². The first-order chi connectivity index (χ1) is 14.8. The third-order valence-corrected chi connectivity index (χ3v) is 8.67. The van der Waals surface area contributed by atoms with Crippen LogP contribution < -0.4 is 0 Å². The van der Waals surface area contributed by atoms with E-state index in [-0.39, 0.29) is 0 Å². The van der Waals surface area contributed by atoms with Gasteiger partial charge >= 0.3 is 181 Å². The maximum absolute atomic E-state index is 14.2. The molecule has 0 radical (unpaired) electrons. The molecule has 1 aliphatic rings. The van der Waals surface area contributed by atoms with Gasteiger partial charge in [-0.1, -0.05) is 0 Å². The van der Waals surface area contributed by atoms with E-state index in [0.29, 0.717) is 0 Å². The summed E-state index contributed by atoms with van der Waals surface area (Å²) in [5.41, 5.74) is 6.46. The molecule has 1 heterocycles. The first kappa shape index (κ1) is 18.7. The number of hydrogen-bond acceptors (Lipinski definition) is 1. The van der Waals surface area contributed by atoms with Gasteiger partial charge in [0.25, 0.3) is 0 Å². The van der Waals surface area contributed by atoms with Crippen molar-refractivity contribution in [2.24, 2.45) is 0 Å². The van der Waals surface area contributed by atoms with Gasteiger partial charge in [-0.2, -0.15) is 0 Å². The molecule has 0 unspecified atom stereocenters. The van der Waals surface area contributed by atoms with Crippen LogP contribution in [0.5, 0.6) is 0 Å². The fraction of sp³-hybridized carbons (Fsp3) is 0. The Morgan fingerprint density at radius 1 is 0.367 bits per heavy atom. The fourth-order valence-electron chi connectivity index (χ4n) is 3.96. The topological polar surface area (TPSA) is 17.1 Å². The van der Waals surface area contributed by atoms with Crippen molar-refractivity contribution >= 4 is 33.9 Å². The van der Waals surface area contributed by atoms with E-state index in [1.54, 1.807) is 0 Å². The molecule has 30 heavy (non-hydrogen) atoms. The Balaban J connectivity index is 1.88. The van der Waals surface area contributed by atoms with Gasteiger partial charge in [-0.3, -0.25) is 0 Å². The third-order valence-electron chi connectivity index (χ3n) is 5.27. The Bertz CT molecular complexity index is 1150. The molecule has 1 nitrogen and oxygen atoms in total. The van der Waals surface area contributed by atoms with Crippen LogP contribution in [0, 0.1) is 0 Å². The predicted octanol–water partition coefficient (Wildman–Crippen LogP) is 6.72. The van der Waals surface area contributed by atoms with Crippen molar-refractivity contribution in [3.05, 3.63) is 144 Å². The summed E-state index contributed by atoms with van der Waals surface area (Å²) in [6.45, 7) is 0. The van der Waals surface area contributed by atoms with Gasteiger partial charge < -0.3 is 0 Å². The van der Waals surface area contributed by atoms with Gasteiger partial charge in [0.15, 0.2) is 0 Å². The van der Waals surface area contributed by atoms with Crippen molar-refractivity contribution < 1.29 is 3.83 Å². The Morgan fingerprint density at radius 3 is 0.933 bits per heavy atom. The summed E-state index contributed by atoms with van der Waals surface area (Å²) in [5, 5.41) is 0. The minimum absolute atomic E-state index is 0.972. The van der Waals surface area contributed by atoms with E-state index in [4.69, 9.17) is 0 Å². The van der Waals surface area contributed by atoms with Gasteiger partial charge in [-0.25, -0.2) is 0 Å². The average Bonchev–Trinajstić information content (AvgIpc) is 3.14. The van der Waals surface area contributed by atoms with Crippen molar-refractivity contribution in [3.8, 4) is 0 Å². The van der Waals surface area contributed by atoms with Crippen molar-refractivity contribution in [2.45, 2.75) is 0 Å². The van der Waals surface area contributed by atoms with E-state index < -0.39 is 13.8 Å². The molecule has 0 N–H and O–H groups in total. The molecule has 5 rings (SSSR count). The van der Waals surface area contributed by atoms with Crippen LogP contribution in [0.15, 0.2) is 121 Å². The third kappa shape index (κ3) is 3.31. The summed E-state index contributed by atoms with van der Waals surface area (Å²) >= 11 is -2.51. The molecule has 2 heteroatoms. The monoisotopic (exact) mass is 452 g/mol. The second-order valence-electron chi connectivity index (χ2n) is 7.14. The van der Waals surface area contributed by atoms with Gasteiger partial charge in [0, 0.05) is 0 Å². The van der Waals surface area contributed by atoms with Gasteiger partial charge in [-0.05, 0) is 0 Å². The quantitative estimate of drug-likeness (QED) is 0.315. The molecule has 0 saturated heterocycles. The van der Waals surface area contributed by atoms with Gasteiger partial charge in [0.2, 0.25) is 0 Å². The van der Waals surface area contributed by atoms with E-state index >= 15 is 0 Å². The Labute approximate surface area is 181 Å². The predicted molar refractivity (Wildman–Crippen MR) is 126 cm³/mol. The second kappa shape index (κ2) is 8.20. The van der Waals surface area contributed by atoms with Gasteiger partial charge in [-0.15, -0.1) is 0 Å². The molecule has 0 aliphatic carbocycles. The van der Waals surface area contributed by atoms with Crippen LogP contribution in [0.2, 0.25) is 0 Å². The van der Waals surface area contributed by atoms with Crippen LogP contribution in [0.4, 0.5) is 0 Å². The van der Waals surface area contributed by atoms with Crippen LogP contribution >= 0.6 is 0 Å². The molecule has 1 aliphatic heterocycles. The summed E-state index contributed by atoms with van der Waals surface area (Å²) < 4.78 is 16.1. The summed E-state index contributed by atoms with van der Waals surface area (Å²) in [7, 11) is 0. The first-order valence-corrected chi connectivity index (χ1v) is 12.4. The molecule has 0 bridgehead atoms. The standard InChI is InChI=1S/C28H20OSe/c29-30-27(23-17-9-3-10-18-23)25(21-13-5-1-6-14-21)26(22-15-7-2-8-16-22)28(30)24-19-11-4-12-20-24/h1-20H. The zero-order valence-corrected chi connectivity index (χ0v) is 18.1. The summed E-state index contributed by atoms with van der Waals surface area (Å²) in [4.78, 5) is 0. The van der Waals surface area contributed by atoms with Crippen molar-refractivity contribution in [1.82, 2.24) is 0 Å². The summed E-state index contributed by atoms with van der Waals surface area (Å²) in [6, 6.07) is 41.1. The van der Waals surface area contributed by atoms with Crippen molar-refractivity contribution in [1.29, 1.82) is 0 Å². The normalized spacial score (nSPS) is 14.4. The Morgan fingerprint density at radius 2 is 0.633 bits per heavy atom. The second-order valence-corrected chi connectivity index (χ2v) is 9.98. The van der Waals surface area contributed by atoms with Crippen LogP contribution in [-0.4, -0.2) is 13.8 Å². The number of benzene rings is 4. The van der Waals surface area contributed by atoms with Crippen LogP contribution in [0.3, 0.4) is 0 Å². The molecule has 144 valence electrons. The zero-order valence-electron chi connectivity index (χ0n) is 16.4. The Hall–Kier alpha value is -3.32. The summed E-state index contributed by atoms with van der Waals surface area (Å²) in [5.74, 6) is 0. The number of allylic oxidation sites excluding steroid dienone is 2. The molecule has 0 atom stereocenters. The average molecular weight is 451 g/mol. The molecule has 0 amide bonds. The van der Waals surface area contributed by atoms with E-state index in [1.165, 1.54) is 0 Å². The molecule has 0 spiro atoms. The number of rotatable bonds is 4. The maximum atomic E-state index is 14.2. The van der Waals surface area contributed by atoms with E-state index in [0.717, 1.165) is 42.3 Å². The van der Waals surface area contributed by atoms with Crippen molar-refractivity contribution in [3.63, 3.8) is 0 Å². The molecule has 0 aromatic heterocycles. The van der Waals surface area contributed by atoms with Gasteiger partial charge in [0.05, 0.1) is 0 Å². The SMILES string of the molecule is O=[Se]1C(c2ccccc2)=C(c2ccccc2)C(c2ccccc2)=C1c1ccccc1. The molecule has 4 aromatic carbocycles. The first-order valence-electron chi connectivity index (χ1n) is 9.97. The van der Waals surface area contributed by atoms with Crippen LogP contribution in [0.25, 0.3) is 20.1 Å². The molecule has 4 aromatic rings. The molecular formula is C28H20OSe.